The summed E-state index contributed by atoms with van der Waals surface area (Å²) in [5.74, 6) is 0.476. The van der Waals surface area contributed by atoms with E-state index in [1.807, 2.05) is 13.0 Å². The molecule has 0 bridgehead atoms. The highest BCUT2D eigenvalue weighted by molar-refractivity contribution is 7.44. The zero-order chi connectivity index (χ0) is 26.9. The Kier molecular flexibility index (Phi) is 11.5. The highest BCUT2D eigenvalue weighted by Crippen LogP contribution is 2.50. The third-order valence-corrected chi connectivity index (χ3v) is 9.13. The summed E-state index contributed by atoms with van der Waals surface area (Å²) >= 11 is 0. The Bertz CT molecular complexity index is 1030. The molecule has 10 heteroatoms. The van der Waals surface area contributed by atoms with Crippen molar-refractivity contribution in [1.82, 2.24) is 14.2 Å². The van der Waals surface area contributed by atoms with Gasteiger partial charge in [-0.05, 0) is 52.9 Å². The van der Waals surface area contributed by atoms with Crippen molar-refractivity contribution in [3.8, 4) is 6.07 Å². The molecule has 4 atom stereocenters. The minimum Gasteiger partial charge on any atom is -0.352 e. The number of H-pyrrole nitrogens is 1. The summed E-state index contributed by atoms with van der Waals surface area (Å²) in [5.41, 5.74) is -0.414. The van der Waals surface area contributed by atoms with Crippen LogP contribution in [0.3, 0.4) is 0 Å². The van der Waals surface area contributed by atoms with Crippen LogP contribution < -0.4 is 11.2 Å². The standard InChI is InChI=1S/C27H43N4O5P/c1-6-23-24(36-37(34-16-10-15-28)31(19(2)3)20(4)5)17-25(35-23)30-18-22(26(32)29-27(30)33)14-13-21-11-8-7-9-12-21/h13-14,18-21,23-25H,6-12,16-17H2,1-5H3,(H,29,32,33)/b14-13+/t23-,24-,25-,37?/m1/s1. The number of nitriles is 1. The van der Waals surface area contributed by atoms with Crippen LogP contribution in [0.25, 0.3) is 6.08 Å². The topological polar surface area (TPSA) is 110 Å². The van der Waals surface area contributed by atoms with Gasteiger partial charge in [0.25, 0.3) is 14.1 Å². The molecular weight excluding hydrogens is 491 g/mol. The summed E-state index contributed by atoms with van der Waals surface area (Å²) < 4.78 is 22.6. The molecule has 0 amide bonds. The second kappa shape index (κ2) is 14.4. The van der Waals surface area contributed by atoms with Crippen molar-refractivity contribution in [3.05, 3.63) is 38.7 Å². The predicted octanol–water partition coefficient (Wildman–Crippen LogP) is 5.49. The Morgan fingerprint density at radius 1 is 1.24 bits per heavy atom. The minimum absolute atomic E-state index is 0.187. The first-order valence-electron chi connectivity index (χ1n) is 13.7. The lowest BCUT2D eigenvalue weighted by atomic mass is 9.89. The van der Waals surface area contributed by atoms with Gasteiger partial charge in [0.2, 0.25) is 0 Å². The molecule has 0 spiro atoms. The fraction of sp³-hybridized carbons (Fsp3) is 0.741. The second-order valence-electron chi connectivity index (χ2n) is 10.5. The van der Waals surface area contributed by atoms with Crippen LogP contribution in [0.4, 0.5) is 0 Å². The molecule has 0 aromatic carbocycles. The maximum Gasteiger partial charge on any atom is 0.330 e. The Labute approximate surface area is 221 Å². The Balaban J connectivity index is 1.80. The molecule has 0 radical (unpaired) electrons. The van der Waals surface area contributed by atoms with E-state index in [4.69, 9.17) is 19.0 Å². The van der Waals surface area contributed by atoms with Gasteiger partial charge in [-0.1, -0.05) is 38.3 Å². The van der Waals surface area contributed by atoms with Gasteiger partial charge in [-0.2, -0.15) is 5.26 Å². The van der Waals surface area contributed by atoms with Crippen LogP contribution in [0.5, 0.6) is 0 Å². The Morgan fingerprint density at radius 2 is 1.95 bits per heavy atom. The smallest absolute Gasteiger partial charge is 0.330 e. The number of aromatic amines is 1. The summed E-state index contributed by atoms with van der Waals surface area (Å²) in [7, 11) is -1.43. The van der Waals surface area contributed by atoms with Crippen molar-refractivity contribution in [2.45, 2.75) is 117 Å². The van der Waals surface area contributed by atoms with Crippen LogP contribution in [-0.4, -0.2) is 45.1 Å². The van der Waals surface area contributed by atoms with Crippen LogP contribution in [0, 0.1) is 17.2 Å². The lowest BCUT2D eigenvalue weighted by Crippen LogP contribution is -2.35. The van der Waals surface area contributed by atoms with Gasteiger partial charge < -0.3 is 13.8 Å². The molecule has 1 aliphatic heterocycles. The fourth-order valence-electron chi connectivity index (χ4n) is 5.15. The molecule has 206 valence electrons. The molecule has 1 aromatic rings. The highest BCUT2D eigenvalue weighted by Gasteiger charge is 2.40. The van der Waals surface area contributed by atoms with Gasteiger partial charge in [-0.3, -0.25) is 14.3 Å². The molecule has 1 aromatic heterocycles. The van der Waals surface area contributed by atoms with Gasteiger partial charge >= 0.3 is 5.69 Å². The van der Waals surface area contributed by atoms with Crippen molar-refractivity contribution in [1.29, 1.82) is 5.26 Å². The first-order valence-corrected chi connectivity index (χ1v) is 14.8. The summed E-state index contributed by atoms with van der Waals surface area (Å²) in [6.07, 6.45) is 11.9. The Hall–Kier alpha value is -1.82. The van der Waals surface area contributed by atoms with E-state index in [9.17, 15) is 9.59 Å². The number of hydrogen-bond acceptors (Lipinski definition) is 7. The summed E-state index contributed by atoms with van der Waals surface area (Å²) in [6.45, 7) is 10.7. The number of nitrogens with zero attached hydrogens (tertiary/aromatic N) is 3. The van der Waals surface area contributed by atoms with Crippen LogP contribution in [0.15, 0.2) is 21.9 Å². The summed E-state index contributed by atoms with van der Waals surface area (Å²) in [6, 6.07) is 2.50. The Morgan fingerprint density at radius 3 is 2.57 bits per heavy atom. The maximum absolute atomic E-state index is 12.8. The number of nitrogens with one attached hydrogen (secondary N) is 1. The van der Waals surface area contributed by atoms with E-state index in [2.05, 4.69) is 49.5 Å². The molecule has 9 nitrogen and oxygen atoms in total. The van der Waals surface area contributed by atoms with E-state index in [0.29, 0.717) is 30.9 Å². The van der Waals surface area contributed by atoms with E-state index in [-0.39, 0.29) is 36.3 Å². The van der Waals surface area contributed by atoms with Crippen molar-refractivity contribution in [2.75, 3.05) is 6.61 Å². The molecule has 1 aliphatic carbocycles. The molecule has 2 aliphatic rings. The zero-order valence-electron chi connectivity index (χ0n) is 22.9. The normalized spacial score (nSPS) is 23.9. The van der Waals surface area contributed by atoms with Crippen LogP contribution in [0.1, 0.15) is 97.8 Å². The van der Waals surface area contributed by atoms with Gasteiger partial charge in [0.15, 0.2) is 0 Å². The number of ether oxygens (including phenoxy) is 1. The van der Waals surface area contributed by atoms with Crippen LogP contribution >= 0.6 is 8.53 Å². The zero-order valence-corrected chi connectivity index (χ0v) is 23.8. The first kappa shape index (κ1) is 29.7. The van der Waals surface area contributed by atoms with Gasteiger partial charge in [0, 0.05) is 24.7 Å². The summed E-state index contributed by atoms with van der Waals surface area (Å²) in [4.78, 5) is 27.7. The average Bonchev–Trinajstić information content (AvgIpc) is 3.26. The largest absolute Gasteiger partial charge is 0.352 e. The quantitative estimate of drug-likeness (QED) is 0.279. The molecule has 2 fully saturated rings. The van der Waals surface area contributed by atoms with E-state index < -0.39 is 20.4 Å². The van der Waals surface area contributed by atoms with Gasteiger partial charge in [0.1, 0.15) is 6.23 Å². The van der Waals surface area contributed by atoms with Crippen LogP contribution in [-0.2, 0) is 13.8 Å². The van der Waals surface area contributed by atoms with Crippen molar-refractivity contribution >= 4 is 14.6 Å². The highest BCUT2D eigenvalue weighted by atomic mass is 31.2. The molecule has 2 heterocycles. The fourth-order valence-corrected chi connectivity index (χ4v) is 6.91. The van der Waals surface area contributed by atoms with E-state index in [1.54, 1.807) is 6.20 Å². The number of hydrogen-bond donors (Lipinski definition) is 1. The number of aromatic nitrogens is 2. The second-order valence-corrected chi connectivity index (χ2v) is 11.9. The van der Waals surface area contributed by atoms with Crippen molar-refractivity contribution in [3.63, 3.8) is 0 Å². The average molecular weight is 535 g/mol. The number of allylic oxidation sites excluding steroid dienone is 1. The molecule has 1 unspecified atom stereocenters. The third kappa shape index (κ3) is 8.08. The SMILES string of the molecule is CC[C@H]1O[C@@H](n2cc(/C=C/C3CCCCC3)c(=O)[nH]c2=O)C[C@H]1OP(OCCC#N)N(C(C)C)C(C)C. The van der Waals surface area contributed by atoms with E-state index in [1.165, 1.54) is 23.8 Å². The first-order chi connectivity index (χ1) is 17.7. The lowest BCUT2D eigenvalue weighted by Gasteiger charge is -2.37. The van der Waals surface area contributed by atoms with Gasteiger partial charge in [-0.15, -0.1) is 0 Å². The third-order valence-electron chi connectivity index (χ3n) is 6.97. The summed E-state index contributed by atoms with van der Waals surface area (Å²) in [5, 5.41) is 8.98. The molecule has 1 saturated carbocycles. The molecular formula is C27H43N4O5P. The van der Waals surface area contributed by atoms with Gasteiger partial charge in [0.05, 0.1) is 36.9 Å². The number of rotatable bonds is 12. The van der Waals surface area contributed by atoms with Crippen molar-refractivity contribution < 1.29 is 13.8 Å². The molecule has 1 N–H and O–H groups in total. The van der Waals surface area contributed by atoms with E-state index >= 15 is 0 Å². The maximum atomic E-state index is 12.8. The monoisotopic (exact) mass is 534 g/mol. The lowest BCUT2D eigenvalue weighted by molar-refractivity contribution is -0.0201. The molecule has 3 rings (SSSR count). The van der Waals surface area contributed by atoms with Crippen LogP contribution in [0.2, 0.25) is 0 Å². The predicted molar refractivity (Wildman–Crippen MR) is 146 cm³/mol. The van der Waals surface area contributed by atoms with E-state index in [0.717, 1.165) is 12.8 Å². The minimum atomic E-state index is -1.43. The molecule has 1 saturated heterocycles. The van der Waals surface area contributed by atoms with Gasteiger partial charge in [-0.25, -0.2) is 9.46 Å². The molecule has 37 heavy (non-hydrogen) atoms. The van der Waals surface area contributed by atoms with Crippen molar-refractivity contribution in [2.24, 2.45) is 5.92 Å².